The Hall–Kier alpha value is -2.12. The van der Waals surface area contributed by atoms with E-state index in [0.29, 0.717) is 11.7 Å². The summed E-state index contributed by atoms with van der Waals surface area (Å²) in [5.74, 6) is 0.878. The highest BCUT2D eigenvalue weighted by Crippen LogP contribution is 2.18. The first kappa shape index (κ1) is 18.7. The second-order valence-electron chi connectivity index (χ2n) is 6.77. The number of hydrogen-bond acceptors (Lipinski definition) is 5. The molecule has 2 atom stereocenters. The standard InChI is InChI=1S/C18H24N6O.ClH/c25-18(16-7-11-24(22-16)15-4-3-8-19-12-15)21-14-6-10-23(13-14)17-5-1-2-9-20-17;/h1-2,5,7,9,11,14-15,19H,3-4,6,8,10,12-13H2,(H,21,25);1H. The fourth-order valence-electron chi connectivity index (χ4n) is 3.61. The molecular formula is C18H25ClN6O. The van der Waals surface area contributed by atoms with Gasteiger partial charge in [-0.2, -0.15) is 5.10 Å². The Kier molecular flexibility index (Phi) is 6.11. The first-order valence-electron chi connectivity index (χ1n) is 9.02. The van der Waals surface area contributed by atoms with E-state index in [0.717, 1.165) is 51.3 Å². The van der Waals surface area contributed by atoms with E-state index in [4.69, 9.17) is 0 Å². The Morgan fingerprint density at radius 2 is 2.19 bits per heavy atom. The summed E-state index contributed by atoms with van der Waals surface area (Å²) in [7, 11) is 0. The van der Waals surface area contributed by atoms with Crippen LogP contribution in [0.25, 0.3) is 0 Å². The lowest BCUT2D eigenvalue weighted by atomic mass is 10.1. The van der Waals surface area contributed by atoms with Gasteiger partial charge in [0.2, 0.25) is 0 Å². The van der Waals surface area contributed by atoms with Crippen molar-refractivity contribution in [1.82, 2.24) is 25.4 Å². The van der Waals surface area contributed by atoms with Crippen LogP contribution in [0.5, 0.6) is 0 Å². The number of amides is 1. The van der Waals surface area contributed by atoms with Gasteiger partial charge < -0.3 is 15.5 Å². The molecule has 0 spiro atoms. The quantitative estimate of drug-likeness (QED) is 0.848. The van der Waals surface area contributed by atoms with Gasteiger partial charge in [-0.1, -0.05) is 6.07 Å². The van der Waals surface area contributed by atoms with Gasteiger partial charge in [-0.15, -0.1) is 12.4 Å². The van der Waals surface area contributed by atoms with Crippen molar-refractivity contribution in [1.29, 1.82) is 0 Å². The molecule has 2 aromatic rings. The summed E-state index contributed by atoms with van der Waals surface area (Å²) < 4.78 is 1.93. The topological polar surface area (TPSA) is 75.1 Å². The van der Waals surface area contributed by atoms with E-state index in [2.05, 4.69) is 25.6 Å². The van der Waals surface area contributed by atoms with Gasteiger partial charge in [0.15, 0.2) is 0 Å². The molecule has 0 aliphatic carbocycles. The van der Waals surface area contributed by atoms with Gasteiger partial charge in [-0.05, 0) is 44.0 Å². The molecule has 0 radical (unpaired) electrons. The van der Waals surface area contributed by atoms with Crippen LogP contribution in [-0.4, -0.2) is 52.9 Å². The Morgan fingerprint density at radius 1 is 1.27 bits per heavy atom. The lowest BCUT2D eigenvalue weighted by Crippen LogP contribution is -2.37. The van der Waals surface area contributed by atoms with Crippen LogP contribution in [0.1, 0.15) is 35.8 Å². The number of nitrogens with zero attached hydrogens (tertiary/aromatic N) is 4. The van der Waals surface area contributed by atoms with Gasteiger partial charge in [-0.25, -0.2) is 4.98 Å². The molecule has 2 fully saturated rings. The van der Waals surface area contributed by atoms with Crippen LogP contribution in [0, 0.1) is 0 Å². The van der Waals surface area contributed by atoms with Gasteiger partial charge in [0.05, 0.1) is 6.04 Å². The molecule has 8 heteroatoms. The normalized spacial score (nSPS) is 22.7. The van der Waals surface area contributed by atoms with E-state index in [-0.39, 0.29) is 24.4 Å². The predicted molar refractivity (Wildman–Crippen MR) is 103 cm³/mol. The third kappa shape index (κ3) is 4.16. The number of halogens is 1. The summed E-state index contributed by atoms with van der Waals surface area (Å²) in [6, 6.07) is 8.20. The lowest BCUT2D eigenvalue weighted by Gasteiger charge is -2.22. The summed E-state index contributed by atoms with van der Waals surface area (Å²) in [6.45, 7) is 3.68. The van der Waals surface area contributed by atoms with Crippen molar-refractivity contribution < 1.29 is 4.79 Å². The van der Waals surface area contributed by atoms with Crippen molar-refractivity contribution in [3.05, 3.63) is 42.4 Å². The Labute approximate surface area is 159 Å². The fraction of sp³-hybridized carbons (Fsp3) is 0.500. The van der Waals surface area contributed by atoms with Crippen LogP contribution in [-0.2, 0) is 0 Å². The minimum atomic E-state index is -0.0876. The van der Waals surface area contributed by atoms with Crippen LogP contribution in [0.4, 0.5) is 5.82 Å². The molecule has 2 aromatic heterocycles. The second kappa shape index (κ2) is 8.51. The van der Waals surface area contributed by atoms with Crippen molar-refractivity contribution in [3.63, 3.8) is 0 Å². The molecule has 26 heavy (non-hydrogen) atoms. The molecule has 2 aliphatic rings. The van der Waals surface area contributed by atoms with Crippen LogP contribution < -0.4 is 15.5 Å². The second-order valence-corrected chi connectivity index (χ2v) is 6.77. The molecule has 140 valence electrons. The summed E-state index contributed by atoms with van der Waals surface area (Å²) in [5.41, 5.74) is 0.502. The maximum Gasteiger partial charge on any atom is 0.272 e. The third-order valence-electron chi connectivity index (χ3n) is 4.98. The van der Waals surface area contributed by atoms with Gasteiger partial charge in [0.1, 0.15) is 11.5 Å². The average molecular weight is 377 g/mol. The molecular weight excluding hydrogens is 352 g/mol. The highest BCUT2D eigenvalue weighted by Gasteiger charge is 2.26. The van der Waals surface area contributed by atoms with E-state index < -0.39 is 0 Å². The number of nitrogens with one attached hydrogen (secondary N) is 2. The monoisotopic (exact) mass is 376 g/mol. The minimum absolute atomic E-state index is 0. The van der Waals surface area contributed by atoms with Gasteiger partial charge in [0, 0.05) is 38.1 Å². The molecule has 2 unspecified atom stereocenters. The minimum Gasteiger partial charge on any atom is -0.354 e. The highest BCUT2D eigenvalue weighted by atomic mass is 35.5. The number of anilines is 1. The summed E-state index contributed by atoms with van der Waals surface area (Å²) in [6.07, 6.45) is 6.90. The molecule has 0 bridgehead atoms. The fourth-order valence-corrected chi connectivity index (χ4v) is 3.61. The first-order chi connectivity index (χ1) is 12.3. The molecule has 0 aromatic carbocycles. The first-order valence-corrected chi connectivity index (χ1v) is 9.02. The predicted octanol–water partition coefficient (Wildman–Crippen LogP) is 1.63. The Bertz CT molecular complexity index is 715. The summed E-state index contributed by atoms with van der Waals surface area (Å²) in [5, 5.41) is 11.0. The van der Waals surface area contributed by atoms with Crippen molar-refractivity contribution in [2.24, 2.45) is 0 Å². The van der Waals surface area contributed by atoms with E-state index in [1.165, 1.54) is 0 Å². The van der Waals surface area contributed by atoms with Crippen molar-refractivity contribution >= 4 is 24.1 Å². The number of pyridine rings is 1. The summed E-state index contributed by atoms with van der Waals surface area (Å²) in [4.78, 5) is 19.1. The van der Waals surface area contributed by atoms with Crippen molar-refractivity contribution in [3.8, 4) is 0 Å². The molecule has 2 saturated heterocycles. The van der Waals surface area contributed by atoms with E-state index in [1.807, 2.05) is 35.1 Å². The SMILES string of the molecule is Cl.O=C(NC1CCN(c2ccccn2)C1)c1ccn(C2CCCNC2)n1. The highest BCUT2D eigenvalue weighted by molar-refractivity contribution is 5.92. The van der Waals surface area contributed by atoms with Crippen molar-refractivity contribution in [2.75, 3.05) is 31.1 Å². The van der Waals surface area contributed by atoms with Gasteiger partial charge >= 0.3 is 0 Å². The van der Waals surface area contributed by atoms with Crippen molar-refractivity contribution in [2.45, 2.75) is 31.3 Å². The molecule has 0 saturated carbocycles. The van der Waals surface area contributed by atoms with Crippen LogP contribution >= 0.6 is 12.4 Å². The van der Waals surface area contributed by atoms with E-state index in [1.54, 1.807) is 6.20 Å². The zero-order valence-corrected chi connectivity index (χ0v) is 15.5. The molecule has 2 aliphatic heterocycles. The molecule has 2 N–H and O–H groups in total. The Morgan fingerprint density at radius 3 is 2.96 bits per heavy atom. The maximum atomic E-state index is 12.5. The van der Waals surface area contributed by atoms with Gasteiger partial charge in [0.25, 0.3) is 5.91 Å². The van der Waals surface area contributed by atoms with Crippen LogP contribution in [0.3, 0.4) is 0 Å². The van der Waals surface area contributed by atoms with E-state index in [9.17, 15) is 4.79 Å². The average Bonchev–Trinajstić information content (AvgIpc) is 3.33. The van der Waals surface area contributed by atoms with Crippen LogP contribution in [0.2, 0.25) is 0 Å². The number of carbonyl (C=O) groups is 1. The maximum absolute atomic E-state index is 12.5. The molecule has 7 nitrogen and oxygen atoms in total. The summed E-state index contributed by atoms with van der Waals surface area (Å²) >= 11 is 0. The third-order valence-corrected chi connectivity index (χ3v) is 4.98. The number of piperidine rings is 1. The lowest BCUT2D eigenvalue weighted by molar-refractivity contribution is 0.0934. The zero-order valence-electron chi connectivity index (χ0n) is 14.7. The Balaban J connectivity index is 0.00000196. The van der Waals surface area contributed by atoms with Gasteiger partial charge in [-0.3, -0.25) is 9.48 Å². The number of aromatic nitrogens is 3. The largest absolute Gasteiger partial charge is 0.354 e. The zero-order chi connectivity index (χ0) is 17.1. The number of carbonyl (C=O) groups excluding carboxylic acids is 1. The van der Waals surface area contributed by atoms with Crippen LogP contribution in [0.15, 0.2) is 36.7 Å². The molecule has 4 rings (SSSR count). The molecule has 4 heterocycles. The number of rotatable bonds is 4. The van der Waals surface area contributed by atoms with E-state index >= 15 is 0 Å². The molecule has 1 amide bonds. The number of hydrogen-bond donors (Lipinski definition) is 2. The smallest absolute Gasteiger partial charge is 0.272 e.